The first-order valence-electron chi connectivity index (χ1n) is 7.16. The van der Waals surface area contributed by atoms with Crippen LogP contribution < -0.4 is 11.2 Å². The Morgan fingerprint density at radius 2 is 1.62 bits per heavy atom. The van der Waals surface area contributed by atoms with Crippen LogP contribution in [0.5, 0.6) is 0 Å². The third-order valence-electron chi connectivity index (χ3n) is 3.85. The van der Waals surface area contributed by atoms with Crippen LogP contribution >= 0.6 is 15.9 Å². The van der Waals surface area contributed by atoms with E-state index in [0.717, 1.165) is 35.0 Å². The molecule has 2 rings (SSSR count). The first kappa shape index (κ1) is 16.0. The Morgan fingerprint density at radius 3 is 2.29 bits per heavy atom. The summed E-state index contributed by atoms with van der Waals surface area (Å²) < 4.78 is 4.39. The Labute approximate surface area is 131 Å². The molecule has 2 aromatic heterocycles. The molecule has 0 aliphatic rings. The van der Waals surface area contributed by atoms with Crippen molar-refractivity contribution in [3.63, 3.8) is 0 Å². The van der Waals surface area contributed by atoms with Crippen LogP contribution in [0.1, 0.15) is 31.5 Å². The van der Waals surface area contributed by atoms with Gasteiger partial charge < -0.3 is 4.57 Å². The van der Waals surface area contributed by atoms with E-state index in [1.54, 1.807) is 7.05 Å². The van der Waals surface area contributed by atoms with E-state index in [1.165, 1.54) is 24.5 Å². The maximum Gasteiger partial charge on any atom is 0.332 e. The fourth-order valence-electron chi connectivity index (χ4n) is 2.52. The molecule has 2 aromatic rings. The number of halogens is 1. The van der Waals surface area contributed by atoms with Crippen molar-refractivity contribution in [1.29, 1.82) is 0 Å². The monoisotopic (exact) mass is 356 g/mol. The number of imidazole rings is 1. The second-order valence-corrected chi connectivity index (χ2v) is 6.11. The van der Waals surface area contributed by atoms with Crippen molar-refractivity contribution in [2.45, 2.75) is 32.1 Å². The van der Waals surface area contributed by atoms with Gasteiger partial charge in [-0.2, -0.15) is 0 Å². The van der Waals surface area contributed by atoms with E-state index in [2.05, 4.69) is 20.9 Å². The third-order valence-corrected chi connectivity index (χ3v) is 4.41. The highest BCUT2D eigenvalue weighted by molar-refractivity contribution is 9.09. The minimum Gasteiger partial charge on any atom is -0.325 e. The minimum atomic E-state index is -0.338. The fourth-order valence-corrected chi connectivity index (χ4v) is 2.91. The molecule has 0 radical (unpaired) electrons. The number of alkyl halides is 1. The van der Waals surface area contributed by atoms with Crippen LogP contribution in [0.3, 0.4) is 0 Å². The van der Waals surface area contributed by atoms with Gasteiger partial charge in [0.05, 0.1) is 0 Å². The topological polar surface area (TPSA) is 61.8 Å². The van der Waals surface area contributed by atoms with E-state index in [4.69, 9.17) is 0 Å². The zero-order chi connectivity index (χ0) is 15.6. The minimum absolute atomic E-state index is 0.284. The average molecular weight is 357 g/mol. The maximum atomic E-state index is 12.2. The molecule has 0 atom stereocenters. The summed E-state index contributed by atoms with van der Waals surface area (Å²) in [7, 11) is 4.99. The van der Waals surface area contributed by atoms with Crippen molar-refractivity contribution in [1.82, 2.24) is 18.7 Å². The summed E-state index contributed by atoms with van der Waals surface area (Å²) in [5.74, 6) is 0.863. The number of hydrogen-bond donors (Lipinski definition) is 0. The number of fused-ring (bicyclic) bond motifs is 1. The molecule has 0 bridgehead atoms. The lowest BCUT2D eigenvalue weighted by Crippen LogP contribution is -2.37. The number of unbranched alkanes of at least 4 members (excludes halogenated alkanes) is 3. The number of aromatic nitrogens is 4. The van der Waals surface area contributed by atoms with Crippen LogP contribution in [0.25, 0.3) is 11.2 Å². The van der Waals surface area contributed by atoms with Crippen molar-refractivity contribution in [3.8, 4) is 0 Å². The Balaban J connectivity index is 2.34. The van der Waals surface area contributed by atoms with Gasteiger partial charge in [0.2, 0.25) is 0 Å². The second kappa shape index (κ2) is 6.60. The van der Waals surface area contributed by atoms with Crippen LogP contribution in [0, 0.1) is 0 Å². The van der Waals surface area contributed by atoms with Crippen LogP contribution in [0.15, 0.2) is 9.59 Å². The normalized spacial score (nSPS) is 11.4. The van der Waals surface area contributed by atoms with Gasteiger partial charge >= 0.3 is 5.69 Å². The molecule has 0 saturated carbocycles. The molecule has 0 N–H and O–H groups in total. The van der Waals surface area contributed by atoms with Crippen molar-refractivity contribution in [3.05, 3.63) is 26.7 Å². The Hall–Kier alpha value is -1.37. The van der Waals surface area contributed by atoms with Gasteiger partial charge in [0.15, 0.2) is 11.2 Å². The van der Waals surface area contributed by atoms with Gasteiger partial charge in [0.25, 0.3) is 5.56 Å². The van der Waals surface area contributed by atoms with Gasteiger partial charge in [0.1, 0.15) is 5.82 Å². The molecule has 0 amide bonds. The summed E-state index contributed by atoms with van der Waals surface area (Å²) in [6.07, 6.45) is 5.38. The highest BCUT2D eigenvalue weighted by atomic mass is 79.9. The highest BCUT2D eigenvalue weighted by Crippen LogP contribution is 2.12. The molecule has 0 fully saturated rings. The van der Waals surface area contributed by atoms with Crippen molar-refractivity contribution >= 4 is 27.1 Å². The predicted molar refractivity (Wildman–Crippen MR) is 87.2 cm³/mol. The lowest BCUT2D eigenvalue weighted by Gasteiger charge is -2.03. The van der Waals surface area contributed by atoms with Crippen LogP contribution in [-0.4, -0.2) is 24.0 Å². The number of rotatable bonds is 6. The van der Waals surface area contributed by atoms with E-state index in [-0.39, 0.29) is 11.2 Å². The highest BCUT2D eigenvalue weighted by Gasteiger charge is 2.16. The summed E-state index contributed by atoms with van der Waals surface area (Å²) >= 11 is 3.42. The molecule has 2 heterocycles. The summed E-state index contributed by atoms with van der Waals surface area (Å²) in [5, 5.41) is 1.04. The maximum absolute atomic E-state index is 12.2. The molecule has 7 heteroatoms. The van der Waals surface area contributed by atoms with Gasteiger partial charge in [-0.05, 0) is 12.8 Å². The molecule has 21 heavy (non-hydrogen) atoms. The van der Waals surface area contributed by atoms with E-state index >= 15 is 0 Å². The lowest BCUT2D eigenvalue weighted by atomic mass is 10.1. The van der Waals surface area contributed by atoms with Gasteiger partial charge in [-0.3, -0.25) is 13.9 Å². The molecule has 0 spiro atoms. The first-order chi connectivity index (χ1) is 9.99. The molecular formula is C14H21BrN4O2. The summed E-state index contributed by atoms with van der Waals surface area (Å²) in [6.45, 7) is 0. The molecular weight excluding hydrogens is 336 g/mol. The molecule has 0 saturated heterocycles. The first-order valence-corrected chi connectivity index (χ1v) is 8.28. The molecule has 0 unspecified atom stereocenters. The molecule has 0 aliphatic heterocycles. The number of aryl methyl sites for hydroxylation is 3. The van der Waals surface area contributed by atoms with Crippen molar-refractivity contribution in [2.24, 2.45) is 21.1 Å². The SMILES string of the molecule is Cn1c(=O)c2c(nc(CCCCCCBr)n2C)n(C)c1=O. The van der Waals surface area contributed by atoms with Gasteiger partial charge in [0, 0.05) is 32.9 Å². The quantitative estimate of drug-likeness (QED) is 0.581. The van der Waals surface area contributed by atoms with Gasteiger partial charge in [-0.1, -0.05) is 28.8 Å². The van der Waals surface area contributed by atoms with Crippen LogP contribution in [-0.2, 0) is 27.6 Å². The second-order valence-electron chi connectivity index (χ2n) is 5.32. The Kier molecular flexibility index (Phi) is 5.03. The van der Waals surface area contributed by atoms with E-state index in [1.807, 2.05) is 11.6 Å². The van der Waals surface area contributed by atoms with Crippen molar-refractivity contribution < 1.29 is 0 Å². The lowest BCUT2D eigenvalue weighted by molar-refractivity contribution is 0.644. The Bertz CT molecular complexity index is 757. The average Bonchev–Trinajstić information content (AvgIpc) is 2.80. The summed E-state index contributed by atoms with van der Waals surface area (Å²) in [5.41, 5.74) is 0.347. The molecule has 6 nitrogen and oxygen atoms in total. The molecule has 116 valence electrons. The number of nitrogens with zero attached hydrogens (tertiary/aromatic N) is 4. The zero-order valence-corrected chi connectivity index (χ0v) is 14.3. The summed E-state index contributed by atoms with van der Waals surface area (Å²) in [4.78, 5) is 28.7. The Morgan fingerprint density at radius 1 is 0.952 bits per heavy atom. The van der Waals surface area contributed by atoms with E-state index in [0.29, 0.717) is 11.2 Å². The van der Waals surface area contributed by atoms with Gasteiger partial charge in [-0.15, -0.1) is 0 Å². The zero-order valence-electron chi connectivity index (χ0n) is 12.7. The molecule has 0 aliphatic carbocycles. The third kappa shape index (κ3) is 2.97. The van der Waals surface area contributed by atoms with Crippen LogP contribution in [0.4, 0.5) is 0 Å². The fraction of sp³-hybridized carbons (Fsp3) is 0.643. The predicted octanol–water partition coefficient (Wildman–Crippen LogP) is 1.47. The van der Waals surface area contributed by atoms with Crippen molar-refractivity contribution in [2.75, 3.05) is 5.33 Å². The van der Waals surface area contributed by atoms with E-state index in [9.17, 15) is 9.59 Å². The van der Waals surface area contributed by atoms with Crippen LogP contribution in [0.2, 0.25) is 0 Å². The molecule has 0 aromatic carbocycles. The largest absolute Gasteiger partial charge is 0.332 e. The number of hydrogen-bond acceptors (Lipinski definition) is 3. The summed E-state index contributed by atoms with van der Waals surface area (Å²) in [6, 6.07) is 0. The standard InChI is InChI=1S/C14H21BrN4O2/c1-17-10(8-6-4-5-7-9-15)16-12-11(17)13(20)19(3)14(21)18(12)2/h4-9H2,1-3H3. The van der Waals surface area contributed by atoms with Gasteiger partial charge in [-0.25, -0.2) is 9.78 Å². The smallest absolute Gasteiger partial charge is 0.325 e. The van der Waals surface area contributed by atoms with E-state index < -0.39 is 0 Å².